The van der Waals surface area contributed by atoms with Gasteiger partial charge in [-0.15, -0.1) is 0 Å². The monoisotopic (exact) mass is 318 g/mol. The highest BCUT2D eigenvalue weighted by Gasteiger charge is 2.10. The molecule has 1 N–H and O–H groups in total. The van der Waals surface area contributed by atoms with Crippen LogP contribution in [0.5, 0.6) is 0 Å². The number of benzene rings is 1. The molecule has 122 valence electrons. The number of nitro groups is 1. The second-order valence-electron chi connectivity index (χ2n) is 5.63. The number of anilines is 1. The molecule has 0 aliphatic carbocycles. The van der Waals surface area contributed by atoms with E-state index < -0.39 is 4.92 Å². The molecule has 2 rings (SSSR count). The predicted molar refractivity (Wildman–Crippen MR) is 86.7 cm³/mol. The van der Waals surface area contributed by atoms with Crippen molar-refractivity contribution >= 4 is 11.5 Å². The minimum atomic E-state index is -0.484. The van der Waals surface area contributed by atoms with Gasteiger partial charge in [0.25, 0.3) is 5.69 Å². The van der Waals surface area contributed by atoms with E-state index in [4.69, 9.17) is 0 Å². The number of aryl methyl sites for hydroxylation is 1. The summed E-state index contributed by atoms with van der Waals surface area (Å²) in [5.41, 5.74) is 2.05. The number of pyridine rings is 1. The molecule has 1 heterocycles. The van der Waals surface area contributed by atoms with E-state index in [0.717, 1.165) is 5.56 Å². The zero-order chi connectivity index (χ0) is 17.0. The molecule has 0 radical (unpaired) electrons. The fourth-order valence-electron chi connectivity index (χ4n) is 2.20. The second-order valence-corrected chi connectivity index (χ2v) is 5.63. The van der Waals surface area contributed by atoms with Gasteiger partial charge in [0, 0.05) is 24.7 Å². The Morgan fingerprint density at radius 3 is 2.65 bits per heavy atom. The first kappa shape index (κ1) is 16.8. The third kappa shape index (κ3) is 4.46. The summed E-state index contributed by atoms with van der Waals surface area (Å²) < 4.78 is 14.0. The van der Waals surface area contributed by atoms with E-state index in [0.29, 0.717) is 30.0 Å². The number of hydrogen-bond donors (Lipinski definition) is 1. The lowest BCUT2D eigenvalue weighted by Gasteiger charge is -2.12. The third-order valence-corrected chi connectivity index (χ3v) is 3.34. The molecule has 0 unspecified atom stereocenters. The Labute approximate surface area is 134 Å². The molecular weight excluding hydrogens is 299 g/mol. The summed E-state index contributed by atoms with van der Waals surface area (Å²) in [6, 6.07) is 6.57. The molecule has 23 heavy (non-hydrogen) atoms. The van der Waals surface area contributed by atoms with Gasteiger partial charge in [0.2, 0.25) is 0 Å². The molecule has 0 saturated carbocycles. The van der Waals surface area contributed by atoms with Crippen LogP contribution < -0.4 is 5.32 Å². The van der Waals surface area contributed by atoms with Gasteiger partial charge in [0.05, 0.1) is 4.92 Å². The van der Waals surface area contributed by atoms with Gasteiger partial charge in [-0.3, -0.25) is 10.1 Å². The molecule has 0 bridgehead atoms. The van der Waals surface area contributed by atoms with Crippen LogP contribution in [-0.4, -0.2) is 28.9 Å². The molecule has 0 fully saturated rings. The van der Waals surface area contributed by atoms with Gasteiger partial charge in [0.1, 0.15) is 17.8 Å². The molecule has 2 aromatic rings. The first-order chi connectivity index (χ1) is 10.9. The molecule has 1 aromatic heterocycles. The molecule has 6 nitrogen and oxygen atoms in total. The van der Waals surface area contributed by atoms with Crippen LogP contribution in [0.25, 0.3) is 0 Å². The van der Waals surface area contributed by atoms with Crippen LogP contribution in [0.3, 0.4) is 0 Å². The van der Waals surface area contributed by atoms with Crippen LogP contribution in [0.4, 0.5) is 15.9 Å². The maximum atomic E-state index is 14.0. The largest absolute Gasteiger partial charge is 0.366 e. The summed E-state index contributed by atoms with van der Waals surface area (Å²) in [5, 5.41) is 13.8. The Bertz CT molecular complexity index is 719. The number of aromatic nitrogens is 1. The quantitative estimate of drug-likeness (QED) is 0.654. The third-order valence-electron chi connectivity index (χ3n) is 3.34. The Morgan fingerprint density at radius 2 is 2.09 bits per heavy atom. The van der Waals surface area contributed by atoms with Crippen molar-refractivity contribution in [3.63, 3.8) is 0 Å². The molecule has 0 amide bonds. The van der Waals surface area contributed by atoms with Crippen LogP contribution in [0.2, 0.25) is 0 Å². The van der Waals surface area contributed by atoms with E-state index in [1.54, 1.807) is 13.0 Å². The van der Waals surface area contributed by atoms with Crippen molar-refractivity contribution in [2.45, 2.75) is 20.0 Å². The highest BCUT2D eigenvalue weighted by Crippen LogP contribution is 2.19. The van der Waals surface area contributed by atoms with Crippen molar-refractivity contribution in [3.05, 3.63) is 63.1 Å². The average Bonchev–Trinajstić information content (AvgIpc) is 2.48. The summed E-state index contributed by atoms with van der Waals surface area (Å²) in [6.07, 6.45) is 1.20. The zero-order valence-electron chi connectivity index (χ0n) is 13.3. The van der Waals surface area contributed by atoms with E-state index in [-0.39, 0.29) is 11.5 Å². The van der Waals surface area contributed by atoms with Gasteiger partial charge in [-0.2, -0.15) is 0 Å². The fourth-order valence-corrected chi connectivity index (χ4v) is 2.20. The Kier molecular flexibility index (Phi) is 5.23. The molecule has 0 aliphatic heterocycles. The number of halogens is 1. The zero-order valence-corrected chi connectivity index (χ0v) is 13.3. The lowest BCUT2D eigenvalue weighted by molar-refractivity contribution is -0.385. The van der Waals surface area contributed by atoms with Crippen LogP contribution in [0.15, 0.2) is 30.5 Å². The van der Waals surface area contributed by atoms with Gasteiger partial charge < -0.3 is 10.2 Å². The highest BCUT2D eigenvalue weighted by atomic mass is 19.1. The Hall–Kier alpha value is -2.54. The van der Waals surface area contributed by atoms with Crippen LogP contribution in [0.1, 0.15) is 16.7 Å². The summed E-state index contributed by atoms with van der Waals surface area (Å²) in [4.78, 5) is 16.2. The second kappa shape index (κ2) is 7.15. The summed E-state index contributed by atoms with van der Waals surface area (Å²) >= 11 is 0. The minimum Gasteiger partial charge on any atom is -0.366 e. The van der Waals surface area contributed by atoms with Gasteiger partial charge in [-0.1, -0.05) is 12.1 Å². The first-order valence-electron chi connectivity index (χ1n) is 7.13. The summed E-state index contributed by atoms with van der Waals surface area (Å²) in [5.74, 6) is 0.305. The van der Waals surface area contributed by atoms with E-state index in [2.05, 4.69) is 10.3 Å². The van der Waals surface area contributed by atoms with E-state index in [1.165, 1.54) is 18.3 Å². The Balaban J connectivity index is 2.06. The van der Waals surface area contributed by atoms with Crippen molar-refractivity contribution < 1.29 is 9.31 Å². The number of rotatable bonds is 6. The van der Waals surface area contributed by atoms with Crippen molar-refractivity contribution in [2.75, 3.05) is 19.4 Å². The van der Waals surface area contributed by atoms with Crippen LogP contribution >= 0.6 is 0 Å². The Morgan fingerprint density at radius 1 is 1.35 bits per heavy atom. The minimum absolute atomic E-state index is 0.0490. The molecule has 1 aromatic carbocycles. The van der Waals surface area contributed by atoms with Gasteiger partial charge in [-0.25, -0.2) is 9.37 Å². The number of nitrogens with zero attached hydrogens (tertiary/aromatic N) is 3. The number of hydrogen-bond acceptors (Lipinski definition) is 5. The lowest BCUT2D eigenvalue weighted by atomic mass is 10.1. The van der Waals surface area contributed by atoms with Gasteiger partial charge in [0.15, 0.2) is 0 Å². The molecule has 0 aliphatic rings. The SMILES string of the molecule is Cc1cc([N+](=O)[O-])cnc1NCc1ccc(CN(C)C)c(F)c1. The van der Waals surface area contributed by atoms with E-state index in [1.807, 2.05) is 25.1 Å². The lowest BCUT2D eigenvalue weighted by Crippen LogP contribution is -2.12. The van der Waals surface area contributed by atoms with E-state index >= 15 is 0 Å². The topological polar surface area (TPSA) is 71.3 Å². The molecular formula is C16H19FN4O2. The van der Waals surface area contributed by atoms with Crippen molar-refractivity contribution in [2.24, 2.45) is 0 Å². The summed E-state index contributed by atoms with van der Waals surface area (Å²) in [7, 11) is 3.77. The fraction of sp³-hybridized carbons (Fsp3) is 0.312. The van der Waals surface area contributed by atoms with Crippen molar-refractivity contribution in [1.29, 1.82) is 0 Å². The molecule has 0 spiro atoms. The first-order valence-corrected chi connectivity index (χ1v) is 7.13. The van der Waals surface area contributed by atoms with Crippen molar-refractivity contribution in [1.82, 2.24) is 9.88 Å². The van der Waals surface area contributed by atoms with Crippen LogP contribution in [0, 0.1) is 22.9 Å². The molecule has 0 saturated heterocycles. The molecule has 7 heteroatoms. The molecule has 0 atom stereocenters. The van der Waals surface area contributed by atoms with Crippen molar-refractivity contribution in [3.8, 4) is 0 Å². The van der Waals surface area contributed by atoms with Gasteiger partial charge >= 0.3 is 0 Å². The summed E-state index contributed by atoms with van der Waals surface area (Å²) in [6.45, 7) is 2.68. The maximum Gasteiger partial charge on any atom is 0.287 e. The smallest absolute Gasteiger partial charge is 0.287 e. The highest BCUT2D eigenvalue weighted by molar-refractivity contribution is 5.48. The average molecular weight is 318 g/mol. The van der Waals surface area contributed by atoms with Gasteiger partial charge in [-0.05, 0) is 38.2 Å². The number of nitrogens with one attached hydrogen (secondary N) is 1. The van der Waals surface area contributed by atoms with E-state index in [9.17, 15) is 14.5 Å². The van der Waals surface area contributed by atoms with Crippen LogP contribution in [-0.2, 0) is 13.1 Å². The maximum absolute atomic E-state index is 14.0. The standard InChI is InChI=1S/C16H19FN4O2/c1-11-6-14(21(22)23)9-19-16(11)18-8-12-4-5-13(10-20(2)3)15(17)7-12/h4-7,9H,8,10H2,1-3H3,(H,18,19). The normalized spacial score (nSPS) is 10.8. The predicted octanol–water partition coefficient (Wildman–Crippen LogP) is 3.11.